The molecule has 0 fully saturated rings. The zero-order chi connectivity index (χ0) is 27.0. The molecule has 0 saturated heterocycles. The van der Waals surface area contributed by atoms with E-state index in [0.717, 1.165) is 19.3 Å². The summed E-state index contributed by atoms with van der Waals surface area (Å²) in [5.41, 5.74) is 0.658. The van der Waals surface area contributed by atoms with Crippen LogP contribution in [0.5, 0.6) is 17.2 Å². The molecule has 0 bridgehead atoms. The maximum Gasteiger partial charge on any atom is 0.203 e. The Morgan fingerprint density at radius 3 is 1.24 bits per heavy atom. The summed E-state index contributed by atoms with van der Waals surface area (Å²) >= 11 is 0. The van der Waals surface area contributed by atoms with Gasteiger partial charge >= 0.3 is 0 Å². The van der Waals surface area contributed by atoms with Gasteiger partial charge in [0.15, 0.2) is 17.3 Å². The molecule has 0 unspecified atom stereocenters. The summed E-state index contributed by atoms with van der Waals surface area (Å²) in [6, 6.07) is 3.74. The Bertz CT molecular complexity index is 646. The molecule has 0 aliphatic rings. The molecule has 0 heterocycles. The topological polar surface area (TPSA) is 44.8 Å². The lowest BCUT2D eigenvalue weighted by Crippen LogP contribution is -2.08. The third-order valence-corrected chi connectivity index (χ3v) is 6.92. The van der Waals surface area contributed by atoms with E-state index in [4.69, 9.17) is 14.2 Å². The van der Waals surface area contributed by atoms with Crippen LogP contribution in [0.2, 0.25) is 0 Å². The van der Waals surface area contributed by atoms with Crippen molar-refractivity contribution in [1.82, 2.24) is 0 Å². The third-order valence-electron chi connectivity index (χ3n) is 6.92. The zero-order valence-electron chi connectivity index (χ0n) is 24.8. The van der Waals surface area contributed by atoms with Crippen molar-refractivity contribution in [3.05, 3.63) is 17.7 Å². The SMILES string of the molecule is CCCCCCCCOc1cc(C(=O)CC)cc(OCCCCCCCC)c1OCCCCCCCC. The molecule has 4 heteroatoms. The van der Waals surface area contributed by atoms with Crippen LogP contribution >= 0.6 is 0 Å². The molecule has 4 nitrogen and oxygen atoms in total. The van der Waals surface area contributed by atoms with Crippen LogP contribution in [0.15, 0.2) is 12.1 Å². The van der Waals surface area contributed by atoms with E-state index >= 15 is 0 Å². The maximum absolute atomic E-state index is 12.6. The van der Waals surface area contributed by atoms with Gasteiger partial charge in [0.1, 0.15) is 0 Å². The third kappa shape index (κ3) is 16.0. The molecule has 0 radical (unpaired) electrons. The van der Waals surface area contributed by atoms with Crippen molar-refractivity contribution in [3.63, 3.8) is 0 Å². The number of hydrogen-bond donors (Lipinski definition) is 0. The highest BCUT2D eigenvalue weighted by molar-refractivity contribution is 5.97. The monoisotopic (exact) mass is 518 g/mol. The lowest BCUT2D eigenvalue weighted by Gasteiger charge is -2.19. The number of ketones is 1. The second-order valence-corrected chi connectivity index (χ2v) is 10.4. The van der Waals surface area contributed by atoms with Crippen molar-refractivity contribution in [2.24, 2.45) is 0 Å². The van der Waals surface area contributed by atoms with Gasteiger partial charge in [0, 0.05) is 12.0 Å². The summed E-state index contributed by atoms with van der Waals surface area (Å²) in [5.74, 6) is 2.11. The highest BCUT2D eigenvalue weighted by Crippen LogP contribution is 2.40. The van der Waals surface area contributed by atoms with Crippen molar-refractivity contribution in [1.29, 1.82) is 0 Å². The largest absolute Gasteiger partial charge is 0.490 e. The summed E-state index contributed by atoms with van der Waals surface area (Å²) in [7, 11) is 0. The molecule has 0 N–H and O–H groups in total. The van der Waals surface area contributed by atoms with Crippen LogP contribution in [0.3, 0.4) is 0 Å². The van der Waals surface area contributed by atoms with Gasteiger partial charge in [-0.25, -0.2) is 0 Å². The van der Waals surface area contributed by atoms with Gasteiger partial charge in [-0.05, 0) is 31.4 Å². The van der Waals surface area contributed by atoms with Crippen molar-refractivity contribution >= 4 is 5.78 Å². The fourth-order valence-electron chi connectivity index (χ4n) is 4.48. The summed E-state index contributed by atoms with van der Waals surface area (Å²) in [6.07, 6.45) is 22.4. The molecular formula is C33H58O4. The van der Waals surface area contributed by atoms with E-state index in [1.165, 1.54) is 96.3 Å². The Morgan fingerprint density at radius 2 is 0.865 bits per heavy atom. The van der Waals surface area contributed by atoms with Crippen LogP contribution < -0.4 is 14.2 Å². The standard InChI is InChI=1S/C33H58O4/c1-5-9-12-15-18-21-24-35-31-27-29(30(34)8-4)28-32(36-25-22-19-16-13-10-6-2)33(31)37-26-23-20-17-14-11-7-3/h27-28H,5-26H2,1-4H3. The summed E-state index contributed by atoms with van der Waals surface area (Å²) in [4.78, 5) is 12.6. The Kier molecular flexibility index (Phi) is 21.1. The van der Waals surface area contributed by atoms with Gasteiger partial charge in [0.05, 0.1) is 19.8 Å². The average Bonchev–Trinajstić information content (AvgIpc) is 2.91. The normalized spacial score (nSPS) is 11.0. The number of unbranched alkanes of at least 4 members (excludes halogenated alkanes) is 15. The highest BCUT2D eigenvalue weighted by Gasteiger charge is 2.18. The smallest absolute Gasteiger partial charge is 0.203 e. The molecule has 0 amide bonds. The Hall–Kier alpha value is -1.71. The van der Waals surface area contributed by atoms with Crippen LogP contribution in [0.25, 0.3) is 0 Å². The summed E-state index contributed by atoms with van der Waals surface area (Å²) < 4.78 is 18.8. The lowest BCUT2D eigenvalue weighted by molar-refractivity contribution is 0.0987. The van der Waals surface area contributed by atoms with E-state index in [1.807, 2.05) is 19.1 Å². The molecule has 1 aromatic carbocycles. The number of carbonyl (C=O) groups excluding carboxylic acids is 1. The van der Waals surface area contributed by atoms with Crippen molar-refractivity contribution < 1.29 is 19.0 Å². The minimum Gasteiger partial charge on any atom is -0.490 e. The number of ether oxygens (including phenoxy) is 3. The number of carbonyl (C=O) groups is 1. The fourth-order valence-corrected chi connectivity index (χ4v) is 4.48. The first-order chi connectivity index (χ1) is 18.2. The average molecular weight is 519 g/mol. The molecule has 0 spiro atoms. The molecule has 37 heavy (non-hydrogen) atoms. The number of Topliss-reactive ketones (excluding diaryl/α,β-unsaturated/α-hetero) is 1. The van der Waals surface area contributed by atoms with Gasteiger partial charge in [0.25, 0.3) is 0 Å². The van der Waals surface area contributed by atoms with Crippen LogP contribution in [-0.4, -0.2) is 25.6 Å². The van der Waals surface area contributed by atoms with Crippen molar-refractivity contribution in [2.45, 2.75) is 150 Å². The molecule has 0 atom stereocenters. The Labute approximate surface area is 229 Å². The minimum absolute atomic E-state index is 0.108. The predicted octanol–water partition coefficient (Wildman–Crippen LogP) is 10.5. The Morgan fingerprint density at radius 1 is 0.514 bits per heavy atom. The lowest BCUT2D eigenvalue weighted by atomic mass is 10.1. The predicted molar refractivity (Wildman–Crippen MR) is 158 cm³/mol. The second-order valence-electron chi connectivity index (χ2n) is 10.4. The molecule has 0 aliphatic carbocycles. The van der Waals surface area contributed by atoms with Crippen LogP contribution in [0, 0.1) is 0 Å². The van der Waals surface area contributed by atoms with E-state index < -0.39 is 0 Å². The number of benzene rings is 1. The van der Waals surface area contributed by atoms with E-state index in [2.05, 4.69) is 20.8 Å². The minimum atomic E-state index is 0.108. The van der Waals surface area contributed by atoms with Gasteiger partial charge in [-0.2, -0.15) is 0 Å². The van der Waals surface area contributed by atoms with Gasteiger partial charge < -0.3 is 14.2 Å². The van der Waals surface area contributed by atoms with Crippen LogP contribution in [0.4, 0.5) is 0 Å². The van der Waals surface area contributed by atoms with E-state index in [0.29, 0.717) is 49.1 Å². The summed E-state index contributed by atoms with van der Waals surface area (Å²) in [6.45, 7) is 10.6. The van der Waals surface area contributed by atoms with Gasteiger partial charge in [-0.1, -0.05) is 124 Å². The molecular weight excluding hydrogens is 460 g/mol. The van der Waals surface area contributed by atoms with Crippen molar-refractivity contribution in [2.75, 3.05) is 19.8 Å². The first-order valence-electron chi connectivity index (χ1n) is 15.8. The number of hydrogen-bond acceptors (Lipinski definition) is 4. The van der Waals surface area contributed by atoms with E-state index in [9.17, 15) is 4.79 Å². The molecule has 1 rings (SSSR count). The molecule has 214 valence electrons. The molecule has 1 aromatic rings. The van der Waals surface area contributed by atoms with Crippen molar-refractivity contribution in [3.8, 4) is 17.2 Å². The first kappa shape index (κ1) is 33.3. The van der Waals surface area contributed by atoms with Crippen LogP contribution in [-0.2, 0) is 0 Å². The highest BCUT2D eigenvalue weighted by atomic mass is 16.5. The number of rotatable bonds is 26. The summed E-state index contributed by atoms with van der Waals surface area (Å²) in [5, 5.41) is 0. The maximum atomic E-state index is 12.6. The first-order valence-corrected chi connectivity index (χ1v) is 15.8. The fraction of sp³-hybridized carbons (Fsp3) is 0.788. The second kappa shape index (κ2) is 23.4. The zero-order valence-corrected chi connectivity index (χ0v) is 24.8. The van der Waals surface area contributed by atoms with Gasteiger partial charge in [-0.3, -0.25) is 4.79 Å². The van der Waals surface area contributed by atoms with Crippen LogP contribution in [0.1, 0.15) is 160 Å². The Balaban J connectivity index is 2.85. The van der Waals surface area contributed by atoms with Gasteiger partial charge in [0.2, 0.25) is 5.75 Å². The molecule has 0 aliphatic heterocycles. The quantitative estimate of drug-likeness (QED) is 0.0903. The van der Waals surface area contributed by atoms with E-state index in [1.54, 1.807) is 0 Å². The molecule has 0 aromatic heterocycles. The molecule has 0 saturated carbocycles. The van der Waals surface area contributed by atoms with E-state index in [-0.39, 0.29) is 5.78 Å². The van der Waals surface area contributed by atoms with Gasteiger partial charge in [-0.15, -0.1) is 0 Å².